The van der Waals surface area contributed by atoms with Crippen molar-refractivity contribution in [2.24, 2.45) is 23.7 Å². The van der Waals surface area contributed by atoms with Crippen molar-refractivity contribution in [3.05, 3.63) is 71.4 Å². The molecule has 1 unspecified atom stereocenters. The molecule has 38 heavy (non-hydrogen) atoms. The molecule has 0 radical (unpaired) electrons. The molecule has 1 heterocycles. The number of benzene rings is 2. The van der Waals surface area contributed by atoms with Crippen molar-refractivity contribution in [3.63, 3.8) is 0 Å². The normalized spacial score (nSPS) is 26.6. The maximum atomic E-state index is 13.4. The predicted octanol–water partition coefficient (Wildman–Crippen LogP) is 6.14. The van der Waals surface area contributed by atoms with E-state index in [1.54, 1.807) is 0 Å². The molecule has 0 spiro atoms. The number of para-hydroxylation sites is 1. The summed E-state index contributed by atoms with van der Waals surface area (Å²) in [5, 5.41) is 7.20. The molecule has 0 saturated heterocycles. The smallest absolute Gasteiger partial charge is 0.251 e. The van der Waals surface area contributed by atoms with Gasteiger partial charge in [-0.2, -0.15) is 0 Å². The summed E-state index contributed by atoms with van der Waals surface area (Å²) < 4.78 is 0. The van der Waals surface area contributed by atoms with Crippen molar-refractivity contribution < 1.29 is 9.59 Å². The number of H-pyrrole nitrogens is 1. The van der Waals surface area contributed by atoms with E-state index >= 15 is 0 Å². The number of nitrogens with one attached hydrogen (secondary N) is 3. The lowest BCUT2D eigenvalue weighted by Crippen LogP contribution is -2.49. The first-order chi connectivity index (χ1) is 18.4. The molecule has 1 aromatic heterocycles. The quantitative estimate of drug-likeness (QED) is 0.323. The third-order valence-electron chi connectivity index (χ3n) is 9.54. The lowest BCUT2D eigenvalue weighted by Gasteiger charge is -2.57. The number of hydrogen-bond acceptors (Lipinski definition) is 2. The third-order valence-corrected chi connectivity index (χ3v) is 9.54. The van der Waals surface area contributed by atoms with E-state index in [4.69, 9.17) is 0 Å². The summed E-state index contributed by atoms with van der Waals surface area (Å²) in [4.78, 5) is 29.9. The second-order valence-corrected chi connectivity index (χ2v) is 12.8. The van der Waals surface area contributed by atoms with Gasteiger partial charge in [-0.1, -0.05) is 44.2 Å². The van der Waals surface area contributed by atoms with Crippen LogP contribution in [0, 0.1) is 23.7 Å². The van der Waals surface area contributed by atoms with Gasteiger partial charge in [0.1, 0.15) is 6.04 Å². The minimum atomic E-state index is -0.642. The van der Waals surface area contributed by atoms with Crippen LogP contribution in [0.3, 0.4) is 0 Å². The van der Waals surface area contributed by atoms with Gasteiger partial charge in [-0.3, -0.25) is 9.59 Å². The summed E-state index contributed by atoms with van der Waals surface area (Å²) in [6, 6.07) is 15.8. The van der Waals surface area contributed by atoms with Crippen LogP contribution in [0.25, 0.3) is 10.9 Å². The van der Waals surface area contributed by atoms with Gasteiger partial charge >= 0.3 is 0 Å². The van der Waals surface area contributed by atoms with Gasteiger partial charge in [-0.25, -0.2) is 0 Å². The zero-order chi connectivity index (χ0) is 26.3. The van der Waals surface area contributed by atoms with E-state index in [9.17, 15) is 9.59 Å². The summed E-state index contributed by atoms with van der Waals surface area (Å²) in [7, 11) is 0. The number of aromatic nitrogens is 1. The van der Waals surface area contributed by atoms with Crippen LogP contribution in [-0.4, -0.2) is 29.4 Å². The Kier molecular flexibility index (Phi) is 6.79. The van der Waals surface area contributed by atoms with Gasteiger partial charge < -0.3 is 15.6 Å². The fourth-order valence-electron chi connectivity index (χ4n) is 8.02. The molecule has 2 amide bonds. The van der Waals surface area contributed by atoms with Crippen molar-refractivity contribution in [3.8, 4) is 0 Å². The molecule has 200 valence electrons. The number of fused-ring (bicyclic) bond motifs is 1. The maximum absolute atomic E-state index is 13.4. The monoisotopic (exact) mass is 511 g/mol. The molecule has 7 rings (SSSR count). The van der Waals surface area contributed by atoms with Gasteiger partial charge in [0.15, 0.2) is 0 Å². The molecule has 5 nitrogen and oxygen atoms in total. The fraction of sp³-hybridized carbons (Fsp3) is 0.515. The topological polar surface area (TPSA) is 74.0 Å². The van der Waals surface area contributed by atoms with E-state index in [2.05, 4.69) is 47.7 Å². The van der Waals surface area contributed by atoms with E-state index in [0.717, 1.165) is 40.6 Å². The molecule has 5 heteroatoms. The molecule has 4 fully saturated rings. The lowest BCUT2D eigenvalue weighted by atomic mass is 9.48. The first-order valence-electron chi connectivity index (χ1n) is 14.6. The number of aromatic amines is 1. The lowest BCUT2D eigenvalue weighted by molar-refractivity contribution is -0.123. The minimum absolute atomic E-state index is 0.130. The molecule has 4 bridgehead atoms. The largest absolute Gasteiger partial charge is 0.361 e. The number of amides is 2. The third kappa shape index (κ3) is 5.00. The average Bonchev–Trinajstić information content (AvgIpc) is 3.30. The Hall–Kier alpha value is -3.08. The SMILES string of the molecule is CC(C)CCNC(=O)C(Cc1c[nH]c2ccccc12)NC(=O)c1ccc(C23CC4CC(CC(C4)C2)C3)cc1. The summed E-state index contributed by atoms with van der Waals surface area (Å²) >= 11 is 0. The molecule has 4 saturated carbocycles. The molecule has 1 atom stereocenters. The number of carbonyl (C=O) groups excluding carboxylic acids is 2. The number of rotatable bonds is 9. The van der Waals surface area contributed by atoms with Crippen LogP contribution in [0.15, 0.2) is 54.7 Å². The van der Waals surface area contributed by atoms with Crippen molar-refractivity contribution >= 4 is 22.7 Å². The minimum Gasteiger partial charge on any atom is -0.361 e. The zero-order valence-corrected chi connectivity index (χ0v) is 22.8. The van der Waals surface area contributed by atoms with Gasteiger partial charge in [0.2, 0.25) is 5.91 Å². The Bertz CT molecular complexity index is 1270. The molecule has 2 aromatic carbocycles. The standard InChI is InChI=1S/C33H41N3O2/c1-21(2)11-12-34-32(38)30(16-26-20-35-29-6-4-3-5-28(26)29)36-31(37)25-7-9-27(10-8-25)33-17-22-13-23(18-33)15-24(14-22)19-33/h3-10,20-24,30,35H,11-19H2,1-2H3,(H,34,38)(H,36,37). The van der Waals surface area contributed by atoms with E-state index in [1.807, 2.05) is 36.5 Å². The highest BCUT2D eigenvalue weighted by Crippen LogP contribution is 2.60. The van der Waals surface area contributed by atoms with Crippen LogP contribution in [0.2, 0.25) is 0 Å². The van der Waals surface area contributed by atoms with Crippen molar-refractivity contribution in [2.45, 2.75) is 76.7 Å². The van der Waals surface area contributed by atoms with Crippen molar-refractivity contribution in [1.82, 2.24) is 15.6 Å². The summed E-state index contributed by atoms with van der Waals surface area (Å²) in [5.74, 6) is 2.86. The molecule has 4 aliphatic carbocycles. The zero-order valence-electron chi connectivity index (χ0n) is 22.8. The van der Waals surface area contributed by atoms with E-state index in [0.29, 0.717) is 29.9 Å². The van der Waals surface area contributed by atoms with Crippen LogP contribution >= 0.6 is 0 Å². The van der Waals surface area contributed by atoms with Gasteiger partial charge in [0.25, 0.3) is 5.91 Å². The van der Waals surface area contributed by atoms with Crippen LogP contribution in [0.1, 0.15) is 80.3 Å². The molecule has 3 aromatic rings. The molecule has 4 aliphatic rings. The molecule has 0 aliphatic heterocycles. The second kappa shape index (κ2) is 10.2. The van der Waals surface area contributed by atoms with Crippen LogP contribution < -0.4 is 10.6 Å². The Labute approximate surface area is 226 Å². The Morgan fingerprint density at radius 1 is 0.947 bits per heavy atom. The summed E-state index contributed by atoms with van der Waals surface area (Å²) in [6.45, 7) is 4.89. The highest BCUT2D eigenvalue weighted by Gasteiger charge is 2.51. The van der Waals surface area contributed by atoms with Gasteiger partial charge in [-0.05, 0) is 103 Å². The van der Waals surface area contributed by atoms with Crippen LogP contribution in [0.4, 0.5) is 0 Å². The Balaban J connectivity index is 1.18. The number of carbonyl (C=O) groups is 2. The second-order valence-electron chi connectivity index (χ2n) is 12.8. The van der Waals surface area contributed by atoms with Crippen molar-refractivity contribution in [1.29, 1.82) is 0 Å². The molecular weight excluding hydrogens is 470 g/mol. The molecule has 3 N–H and O–H groups in total. The highest BCUT2D eigenvalue weighted by atomic mass is 16.2. The summed E-state index contributed by atoms with van der Waals surface area (Å²) in [6.07, 6.45) is 11.5. The summed E-state index contributed by atoms with van der Waals surface area (Å²) in [5.41, 5.74) is 4.42. The van der Waals surface area contributed by atoms with Gasteiger partial charge in [-0.15, -0.1) is 0 Å². The fourth-order valence-corrected chi connectivity index (χ4v) is 8.02. The number of hydrogen-bond donors (Lipinski definition) is 3. The first-order valence-corrected chi connectivity index (χ1v) is 14.6. The van der Waals surface area contributed by atoms with E-state index < -0.39 is 6.04 Å². The van der Waals surface area contributed by atoms with Crippen LogP contribution in [0.5, 0.6) is 0 Å². The van der Waals surface area contributed by atoms with E-state index in [1.165, 1.54) is 44.1 Å². The predicted molar refractivity (Wildman–Crippen MR) is 152 cm³/mol. The average molecular weight is 512 g/mol. The first kappa shape index (κ1) is 25.2. The van der Waals surface area contributed by atoms with E-state index in [-0.39, 0.29) is 11.8 Å². The highest BCUT2D eigenvalue weighted by molar-refractivity contribution is 5.98. The maximum Gasteiger partial charge on any atom is 0.251 e. The Morgan fingerprint density at radius 2 is 1.61 bits per heavy atom. The Morgan fingerprint density at radius 3 is 2.26 bits per heavy atom. The molecular formula is C33H41N3O2. The van der Waals surface area contributed by atoms with Crippen molar-refractivity contribution in [2.75, 3.05) is 6.54 Å². The van der Waals surface area contributed by atoms with Gasteiger partial charge in [0.05, 0.1) is 0 Å². The van der Waals surface area contributed by atoms with Crippen LogP contribution in [-0.2, 0) is 16.6 Å². The van der Waals surface area contributed by atoms with Gasteiger partial charge in [0, 0.05) is 35.6 Å².